The minimum Gasteiger partial charge on any atom is -0.351 e. The van der Waals surface area contributed by atoms with Crippen molar-refractivity contribution in [2.24, 2.45) is 12.0 Å². The van der Waals surface area contributed by atoms with Crippen molar-refractivity contribution in [3.63, 3.8) is 0 Å². The number of aromatic nitrogens is 1. The highest BCUT2D eigenvalue weighted by molar-refractivity contribution is 6.03. The van der Waals surface area contributed by atoms with Crippen molar-refractivity contribution < 1.29 is 0 Å². The summed E-state index contributed by atoms with van der Waals surface area (Å²) in [5.74, 6) is 0. The van der Waals surface area contributed by atoms with Crippen LogP contribution in [0.25, 0.3) is 10.9 Å². The van der Waals surface area contributed by atoms with E-state index < -0.39 is 0 Å². The first-order valence-corrected chi connectivity index (χ1v) is 7.05. The maximum atomic E-state index is 4.89. The minimum absolute atomic E-state index is 0.0177. The molecule has 0 amide bonds. The fourth-order valence-corrected chi connectivity index (χ4v) is 2.37. The van der Waals surface area contributed by atoms with Crippen LogP contribution in [-0.4, -0.2) is 15.8 Å². The quantitative estimate of drug-likeness (QED) is 0.716. The molecule has 0 N–H and O–H groups in total. The van der Waals surface area contributed by atoms with E-state index in [1.165, 1.54) is 22.2 Å². The van der Waals surface area contributed by atoms with Gasteiger partial charge in [0, 0.05) is 29.9 Å². The van der Waals surface area contributed by atoms with E-state index in [1.54, 1.807) is 0 Å². The molecular weight excluding hydrogens is 232 g/mol. The van der Waals surface area contributed by atoms with Crippen molar-refractivity contribution in [3.05, 3.63) is 36.0 Å². The molecule has 19 heavy (non-hydrogen) atoms. The van der Waals surface area contributed by atoms with Crippen molar-refractivity contribution in [3.8, 4) is 0 Å². The van der Waals surface area contributed by atoms with Gasteiger partial charge in [0.15, 0.2) is 0 Å². The van der Waals surface area contributed by atoms with E-state index in [-0.39, 0.29) is 5.54 Å². The Morgan fingerprint density at radius 2 is 1.95 bits per heavy atom. The number of aliphatic imine (C=N–C) groups is 1. The average Bonchev–Trinajstić information content (AvgIpc) is 2.68. The third-order valence-corrected chi connectivity index (χ3v) is 3.18. The number of hydrogen-bond donors (Lipinski definition) is 0. The largest absolute Gasteiger partial charge is 0.351 e. The summed E-state index contributed by atoms with van der Waals surface area (Å²) < 4.78 is 2.15. The number of hydrogen-bond acceptors (Lipinski definition) is 1. The molecule has 0 bridgehead atoms. The lowest BCUT2D eigenvalue weighted by atomic mass is 10.0. The highest BCUT2D eigenvalue weighted by Gasteiger charge is 2.12. The maximum absolute atomic E-state index is 4.89. The van der Waals surface area contributed by atoms with Gasteiger partial charge in [-0.2, -0.15) is 0 Å². The predicted octanol–water partition coefficient (Wildman–Crippen LogP) is 4.57. The zero-order chi connectivity index (χ0) is 14.0. The lowest BCUT2D eigenvalue weighted by Crippen LogP contribution is -2.15. The van der Waals surface area contributed by atoms with Crippen molar-refractivity contribution >= 4 is 16.6 Å². The molecular formula is C17H24N2. The second kappa shape index (κ2) is 5.20. The average molecular weight is 256 g/mol. The number of nitrogens with zero attached hydrogens (tertiary/aromatic N) is 2. The van der Waals surface area contributed by atoms with E-state index in [2.05, 4.69) is 69.8 Å². The van der Waals surface area contributed by atoms with Crippen LogP contribution in [0.3, 0.4) is 0 Å². The van der Waals surface area contributed by atoms with Crippen LogP contribution in [0.15, 0.2) is 35.5 Å². The number of fused-ring (bicyclic) bond motifs is 1. The van der Waals surface area contributed by atoms with Crippen molar-refractivity contribution in [2.45, 2.75) is 46.1 Å². The summed E-state index contributed by atoms with van der Waals surface area (Å²) in [5, 5.41) is 1.29. The fraction of sp³-hybridized carbons (Fsp3) is 0.471. The van der Waals surface area contributed by atoms with E-state index in [9.17, 15) is 0 Å². The molecule has 0 aliphatic rings. The normalized spacial score (nSPS) is 13.2. The highest BCUT2D eigenvalue weighted by atomic mass is 14.9. The van der Waals surface area contributed by atoms with Crippen LogP contribution in [0.4, 0.5) is 0 Å². The zero-order valence-corrected chi connectivity index (χ0v) is 12.7. The van der Waals surface area contributed by atoms with Gasteiger partial charge >= 0.3 is 0 Å². The molecule has 0 saturated heterocycles. The van der Waals surface area contributed by atoms with E-state index in [4.69, 9.17) is 4.99 Å². The Bertz CT molecular complexity index is 597. The van der Waals surface area contributed by atoms with Gasteiger partial charge in [-0.05, 0) is 51.0 Å². The van der Waals surface area contributed by atoms with Gasteiger partial charge < -0.3 is 4.57 Å². The highest BCUT2D eigenvalue weighted by Crippen LogP contribution is 2.20. The summed E-state index contributed by atoms with van der Waals surface area (Å²) in [4.78, 5) is 4.89. The van der Waals surface area contributed by atoms with Crippen LogP contribution in [0.2, 0.25) is 0 Å². The summed E-state index contributed by atoms with van der Waals surface area (Å²) in [7, 11) is 2.08. The molecule has 2 aromatic rings. The Labute approximate surface area is 116 Å². The number of aryl methyl sites for hydroxylation is 1. The van der Waals surface area contributed by atoms with Crippen LogP contribution in [0.1, 0.15) is 46.1 Å². The van der Waals surface area contributed by atoms with Gasteiger partial charge in [-0.1, -0.05) is 19.4 Å². The van der Waals surface area contributed by atoms with Crippen molar-refractivity contribution in [1.82, 2.24) is 4.57 Å². The van der Waals surface area contributed by atoms with E-state index in [1.807, 2.05) is 0 Å². The molecule has 0 aliphatic heterocycles. The second-order valence-corrected chi connectivity index (χ2v) is 6.18. The Morgan fingerprint density at radius 1 is 1.21 bits per heavy atom. The molecule has 0 spiro atoms. The molecule has 0 aliphatic carbocycles. The van der Waals surface area contributed by atoms with Crippen LogP contribution >= 0.6 is 0 Å². The van der Waals surface area contributed by atoms with Gasteiger partial charge in [0.1, 0.15) is 0 Å². The lowest BCUT2D eigenvalue weighted by molar-refractivity contribution is 0.581. The molecule has 1 heterocycles. The van der Waals surface area contributed by atoms with Gasteiger partial charge in [0.05, 0.1) is 5.54 Å². The molecule has 1 aromatic carbocycles. The van der Waals surface area contributed by atoms with E-state index in [0.717, 1.165) is 12.8 Å². The summed E-state index contributed by atoms with van der Waals surface area (Å²) in [6.07, 6.45) is 4.27. The third-order valence-electron chi connectivity index (χ3n) is 3.18. The van der Waals surface area contributed by atoms with Gasteiger partial charge in [0.2, 0.25) is 0 Å². The van der Waals surface area contributed by atoms with Crippen molar-refractivity contribution in [2.75, 3.05) is 0 Å². The number of benzene rings is 1. The van der Waals surface area contributed by atoms with Gasteiger partial charge in [-0.3, -0.25) is 4.99 Å². The first-order valence-electron chi connectivity index (χ1n) is 7.05. The Balaban J connectivity index is 2.47. The predicted molar refractivity (Wildman–Crippen MR) is 84.1 cm³/mol. The van der Waals surface area contributed by atoms with Crippen LogP contribution in [-0.2, 0) is 7.05 Å². The van der Waals surface area contributed by atoms with E-state index >= 15 is 0 Å². The fourth-order valence-electron chi connectivity index (χ4n) is 2.37. The molecule has 0 unspecified atom stereocenters. The Morgan fingerprint density at radius 3 is 2.58 bits per heavy atom. The summed E-state index contributed by atoms with van der Waals surface area (Å²) in [5.41, 5.74) is 3.74. The molecule has 0 atom stereocenters. The van der Waals surface area contributed by atoms with Crippen molar-refractivity contribution in [1.29, 1.82) is 0 Å². The second-order valence-electron chi connectivity index (χ2n) is 6.18. The first-order chi connectivity index (χ1) is 8.90. The summed E-state index contributed by atoms with van der Waals surface area (Å²) in [6, 6.07) is 8.82. The lowest BCUT2D eigenvalue weighted by Gasteiger charge is -2.16. The van der Waals surface area contributed by atoms with Gasteiger partial charge in [0.25, 0.3) is 0 Å². The maximum Gasteiger partial charge on any atom is 0.0527 e. The standard InChI is InChI=1S/C17H24N2/c1-6-7-15(18-17(2,3)4)13-8-9-16-14(12-13)10-11-19(16)5/h8-12H,6-7H2,1-5H3. The summed E-state index contributed by atoms with van der Waals surface area (Å²) >= 11 is 0. The molecule has 0 saturated carbocycles. The topological polar surface area (TPSA) is 17.3 Å². The Hall–Kier alpha value is -1.57. The molecule has 102 valence electrons. The molecule has 2 heteroatoms. The third kappa shape index (κ3) is 3.25. The van der Waals surface area contributed by atoms with Crippen LogP contribution < -0.4 is 0 Å². The molecule has 1 aromatic heterocycles. The van der Waals surface area contributed by atoms with Gasteiger partial charge in [-0.25, -0.2) is 0 Å². The minimum atomic E-state index is -0.0177. The first kappa shape index (κ1) is 13.9. The Kier molecular flexibility index (Phi) is 3.79. The van der Waals surface area contributed by atoms with Gasteiger partial charge in [-0.15, -0.1) is 0 Å². The molecule has 0 radical (unpaired) electrons. The van der Waals surface area contributed by atoms with Crippen LogP contribution in [0.5, 0.6) is 0 Å². The molecule has 0 fully saturated rings. The molecule has 2 nitrogen and oxygen atoms in total. The SMILES string of the molecule is CCCC(=NC(C)(C)C)c1ccc2c(ccn2C)c1. The monoisotopic (exact) mass is 256 g/mol. The number of rotatable bonds is 3. The zero-order valence-electron chi connectivity index (χ0n) is 12.7. The smallest absolute Gasteiger partial charge is 0.0527 e. The molecule has 2 rings (SSSR count). The van der Waals surface area contributed by atoms with Crippen LogP contribution in [0, 0.1) is 0 Å². The van der Waals surface area contributed by atoms with E-state index in [0.29, 0.717) is 0 Å². The summed E-state index contributed by atoms with van der Waals surface area (Å²) in [6.45, 7) is 8.68.